The molecule has 1 aliphatic heterocycles. The van der Waals surface area contributed by atoms with Gasteiger partial charge in [-0.05, 0) is 36.4 Å². The van der Waals surface area contributed by atoms with Crippen molar-refractivity contribution in [3.8, 4) is 0 Å². The summed E-state index contributed by atoms with van der Waals surface area (Å²) in [5.41, 5.74) is 0.904. The number of piperazine rings is 1. The molecule has 30 heavy (non-hydrogen) atoms. The van der Waals surface area contributed by atoms with Crippen LogP contribution in [-0.4, -0.2) is 61.6 Å². The largest absolute Gasteiger partial charge is 0.352 e. The van der Waals surface area contributed by atoms with Crippen LogP contribution in [0.25, 0.3) is 10.9 Å². The lowest BCUT2D eigenvalue weighted by Gasteiger charge is -2.36. The summed E-state index contributed by atoms with van der Waals surface area (Å²) in [4.78, 5) is 25.2. The Balaban J connectivity index is 1.57. The molecule has 0 atom stereocenters. The third-order valence-corrected chi connectivity index (χ3v) is 6.46. The Labute approximate surface area is 178 Å². The van der Waals surface area contributed by atoms with E-state index in [0.29, 0.717) is 42.9 Å². The van der Waals surface area contributed by atoms with Crippen molar-refractivity contribution in [2.24, 2.45) is 0 Å². The topological polar surface area (TPSA) is 83.5 Å². The highest BCUT2D eigenvalue weighted by atomic mass is 35.5. The van der Waals surface area contributed by atoms with E-state index in [9.17, 15) is 17.6 Å². The fourth-order valence-electron chi connectivity index (χ4n) is 3.46. The quantitative estimate of drug-likeness (QED) is 0.612. The number of hydrogen-bond acceptors (Lipinski definition) is 6. The van der Waals surface area contributed by atoms with E-state index in [0.717, 1.165) is 12.3 Å². The zero-order chi connectivity index (χ0) is 21.5. The second kappa shape index (κ2) is 7.81. The number of anilines is 1. The number of carbonyl (C=O) groups excluding carboxylic acids is 1. The molecule has 0 N–H and O–H groups in total. The third-order valence-electron chi connectivity index (χ3n) is 5.04. The Morgan fingerprint density at radius 1 is 1.07 bits per heavy atom. The fraction of sp³-hybridized carbons (Fsp3) is 0.250. The Morgan fingerprint density at radius 2 is 1.80 bits per heavy atom. The van der Waals surface area contributed by atoms with Crippen LogP contribution in [0.2, 0.25) is 5.02 Å². The van der Waals surface area contributed by atoms with Gasteiger partial charge in [0, 0.05) is 37.8 Å². The van der Waals surface area contributed by atoms with Gasteiger partial charge in [-0.1, -0.05) is 11.6 Å². The molecule has 1 aromatic heterocycles. The lowest BCUT2D eigenvalue weighted by atomic mass is 10.1. The standard InChI is InChI=1S/C20H18ClFN4O3S/c1-30(28,29)14-3-5-18-16(11-14)19(24-12-23-18)25-6-8-26(9-7-25)20(27)15-4-2-13(22)10-17(15)21/h2-5,10-12H,6-9H2,1H3. The monoisotopic (exact) mass is 448 g/mol. The van der Waals surface area contributed by atoms with Crippen molar-refractivity contribution in [1.82, 2.24) is 14.9 Å². The Morgan fingerprint density at radius 3 is 2.47 bits per heavy atom. The summed E-state index contributed by atoms with van der Waals surface area (Å²) in [7, 11) is -3.37. The molecule has 0 spiro atoms. The zero-order valence-corrected chi connectivity index (χ0v) is 17.6. The second-order valence-corrected chi connectivity index (χ2v) is 9.47. The third kappa shape index (κ3) is 3.95. The average Bonchev–Trinajstić information content (AvgIpc) is 2.72. The maximum Gasteiger partial charge on any atom is 0.255 e. The summed E-state index contributed by atoms with van der Waals surface area (Å²) in [6.45, 7) is 1.84. The van der Waals surface area contributed by atoms with Crippen LogP contribution in [0.4, 0.5) is 10.2 Å². The van der Waals surface area contributed by atoms with E-state index in [4.69, 9.17) is 11.6 Å². The van der Waals surface area contributed by atoms with Crippen molar-refractivity contribution in [3.63, 3.8) is 0 Å². The van der Waals surface area contributed by atoms with Crippen LogP contribution in [0.3, 0.4) is 0 Å². The van der Waals surface area contributed by atoms with Crippen LogP contribution >= 0.6 is 11.6 Å². The predicted octanol–water partition coefficient (Wildman–Crippen LogP) is 2.79. The van der Waals surface area contributed by atoms with Gasteiger partial charge in [-0.25, -0.2) is 22.8 Å². The number of rotatable bonds is 3. The molecule has 1 saturated heterocycles. The van der Waals surface area contributed by atoms with Crippen molar-refractivity contribution < 1.29 is 17.6 Å². The van der Waals surface area contributed by atoms with E-state index >= 15 is 0 Å². The minimum absolute atomic E-state index is 0.0810. The van der Waals surface area contributed by atoms with Crippen LogP contribution in [0.5, 0.6) is 0 Å². The van der Waals surface area contributed by atoms with Gasteiger partial charge in [0.2, 0.25) is 0 Å². The molecule has 1 aliphatic rings. The Bertz CT molecular complexity index is 1240. The number of halogens is 2. The lowest BCUT2D eigenvalue weighted by Crippen LogP contribution is -2.49. The molecule has 0 radical (unpaired) electrons. The number of fused-ring (bicyclic) bond motifs is 1. The SMILES string of the molecule is CS(=O)(=O)c1ccc2ncnc(N3CCN(C(=O)c4ccc(F)cc4Cl)CC3)c2c1. The first-order valence-corrected chi connectivity index (χ1v) is 11.4. The van der Waals surface area contributed by atoms with E-state index in [1.807, 2.05) is 4.90 Å². The van der Waals surface area contributed by atoms with Crippen LogP contribution in [0.15, 0.2) is 47.6 Å². The van der Waals surface area contributed by atoms with Crippen LogP contribution in [-0.2, 0) is 9.84 Å². The maximum atomic E-state index is 13.3. The van der Waals surface area contributed by atoms with Crippen LogP contribution in [0, 0.1) is 5.82 Å². The second-order valence-electron chi connectivity index (χ2n) is 7.05. The minimum Gasteiger partial charge on any atom is -0.352 e. The number of hydrogen-bond donors (Lipinski definition) is 0. The molecule has 0 aliphatic carbocycles. The van der Waals surface area contributed by atoms with E-state index < -0.39 is 15.7 Å². The molecule has 1 fully saturated rings. The van der Waals surface area contributed by atoms with E-state index in [1.54, 1.807) is 17.0 Å². The molecule has 156 valence electrons. The van der Waals surface area contributed by atoms with Gasteiger partial charge in [-0.2, -0.15) is 0 Å². The van der Waals surface area contributed by atoms with Crippen LogP contribution < -0.4 is 4.90 Å². The van der Waals surface area contributed by atoms with E-state index in [2.05, 4.69) is 9.97 Å². The summed E-state index contributed by atoms with van der Waals surface area (Å²) in [5.74, 6) is -0.130. The Hall–Kier alpha value is -2.78. The number of amides is 1. The van der Waals surface area contributed by atoms with Gasteiger partial charge in [0.25, 0.3) is 5.91 Å². The van der Waals surface area contributed by atoms with Gasteiger partial charge in [0.05, 0.1) is 21.0 Å². The lowest BCUT2D eigenvalue weighted by molar-refractivity contribution is 0.0746. The van der Waals surface area contributed by atoms with Crippen molar-refractivity contribution in [1.29, 1.82) is 0 Å². The van der Waals surface area contributed by atoms with Gasteiger partial charge < -0.3 is 9.80 Å². The van der Waals surface area contributed by atoms with Crippen molar-refractivity contribution in [3.05, 3.63) is 59.1 Å². The first-order valence-electron chi connectivity index (χ1n) is 9.18. The van der Waals surface area contributed by atoms with Gasteiger partial charge in [0.15, 0.2) is 9.84 Å². The molecule has 10 heteroatoms. The molecule has 0 bridgehead atoms. The summed E-state index contributed by atoms with van der Waals surface area (Å²) in [5, 5.41) is 0.722. The maximum absolute atomic E-state index is 13.3. The first kappa shape index (κ1) is 20.5. The number of aromatic nitrogens is 2. The fourth-order valence-corrected chi connectivity index (χ4v) is 4.35. The smallest absolute Gasteiger partial charge is 0.255 e. The minimum atomic E-state index is -3.37. The van der Waals surface area contributed by atoms with Crippen molar-refractivity contribution in [2.45, 2.75) is 4.90 Å². The van der Waals surface area contributed by atoms with Gasteiger partial charge >= 0.3 is 0 Å². The summed E-state index contributed by atoms with van der Waals surface area (Å²) >= 11 is 6.02. The molecule has 2 heterocycles. The van der Waals surface area contributed by atoms with Gasteiger partial charge in [-0.15, -0.1) is 0 Å². The number of benzene rings is 2. The molecular weight excluding hydrogens is 431 g/mol. The normalized spacial score (nSPS) is 14.9. The molecule has 7 nitrogen and oxygen atoms in total. The molecule has 1 amide bonds. The number of nitrogens with zero attached hydrogens (tertiary/aromatic N) is 4. The zero-order valence-electron chi connectivity index (χ0n) is 16.0. The highest BCUT2D eigenvalue weighted by Gasteiger charge is 2.25. The van der Waals surface area contributed by atoms with Crippen molar-refractivity contribution >= 4 is 44.1 Å². The highest BCUT2D eigenvalue weighted by molar-refractivity contribution is 7.90. The molecule has 0 unspecified atom stereocenters. The van der Waals surface area contributed by atoms with Crippen molar-refractivity contribution in [2.75, 3.05) is 37.3 Å². The summed E-state index contributed by atoms with van der Waals surface area (Å²) in [6.07, 6.45) is 2.59. The molecule has 0 saturated carbocycles. The van der Waals surface area contributed by atoms with E-state index in [-0.39, 0.29) is 21.4 Å². The predicted molar refractivity (Wildman–Crippen MR) is 112 cm³/mol. The molecule has 3 aromatic rings. The van der Waals surface area contributed by atoms with Crippen LogP contribution in [0.1, 0.15) is 10.4 Å². The average molecular weight is 449 g/mol. The van der Waals surface area contributed by atoms with Gasteiger partial charge in [-0.3, -0.25) is 4.79 Å². The summed E-state index contributed by atoms with van der Waals surface area (Å²) < 4.78 is 37.1. The molecule has 4 rings (SSSR count). The highest BCUT2D eigenvalue weighted by Crippen LogP contribution is 2.27. The summed E-state index contributed by atoms with van der Waals surface area (Å²) in [6, 6.07) is 8.48. The molecular formula is C20H18ClFN4O3S. The van der Waals surface area contributed by atoms with E-state index in [1.165, 1.54) is 24.5 Å². The molecule has 2 aromatic carbocycles. The Kier molecular flexibility index (Phi) is 5.33. The number of carbonyl (C=O) groups is 1. The number of sulfone groups is 1. The first-order chi connectivity index (χ1) is 14.2. The van der Waals surface area contributed by atoms with Gasteiger partial charge in [0.1, 0.15) is 18.0 Å².